The first-order chi connectivity index (χ1) is 8.99. The summed E-state index contributed by atoms with van der Waals surface area (Å²) >= 11 is 16.4. The van der Waals surface area contributed by atoms with Gasteiger partial charge in [-0.05, 0) is 61.1 Å². The first kappa shape index (κ1) is 15.7. The summed E-state index contributed by atoms with van der Waals surface area (Å²) in [5, 5.41) is 1.61. The minimum absolute atomic E-state index is 0.592. The smallest absolute Gasteiger partial charge is 0.0452 e. The maximum Gasteiger partial charge on any atom is 0.0452 e. The molecule has 0 heterocycles. The Labute approximate surface area is 135 Å². The van der Waals surface area contributed by atoms with Crippen molar-refractivity contribution in [2.45, 2.75) is 44.4 Å². The molecule has 0 amide bonds. The van der Waals surface area contributed by atoms with Crippen LogP contribution in [-0.4, -0.2) is 4.83 Å². The molecular weight excluding hydrogens is 343 g/mol. The van der Waals surface area contributed by atoms with E-state index in [0.717, 1.165) is 33.9 Å². The van der Waals surface area contributed by atoms with Crippen LogP contribution in [0, 0.1) is 17.8 Å². The van der Waals surface area contributed by atoms with Gasteiger partial charge in [-0.2, -0.15) is 0 Å². The van der Waals surface area contributed by atoms with Gasteiger partial charge in [-0.3, -0.25) is 0 Å². The van der Waals surface area contributed by atoms with Crippen LogP contribution in [0.4, 0.5) is 0 Å². The fourth-order valence-corrected chi connectivity index (χ4v) is 4.29. The number of hydrogen-bond donors (Lipinski definition) is 0. The van der Waals surface area contributed by atoms with E-state index in [9.17, 15) is 0 Å². The third-order valence-corrected chi connectivity index (χ3v) is 6.31. The van der Waals surface area contributed by atoms with E-state index < -0.39 is 0 Å². The maximum absolute atomic E-state index is 6.30. The lowest BCUT2D eigenvalue weighted by Gasteiger charge is -2.35. The van der Waals surface area contributed by atoms with Crippen molar-refractivity contribution >= 4 is 39.1 Å². The molecule has 1 aliphatic rings. The second-order valence-corrected chi connectivity index (χ2v) is 7.99. The fraction of sp³-hybridized carbons (Fsp3) is 0.625. The van der Waals surface area contributed by atoms with Crippen LogP contribution in [0.25, 0.3) is 0 Å². The van der Waals surface area contributed by atoms with Crippen molar-refractivity contribution in [2.75, 3.05) is 0 Å². The molecule has 106 valence electrons. The van der Waals surface area contributed by atoms with Crippen LogP contribution in [0.1, 0.15) is 38.7 Å². The Morgan fingerprint density at radius 1 is 1.21 bits per heavy atom. The second kappa shape index (κ2) is 6.83. The molecule has 0 spiro atoms. The van der Waals surface area contributed by atoms with Crippen LogP contribution in [0.2, 0.25) is 10.0 Å². The van der Waals surface area contributed by atoms with Gasteiger partial charge >= 0.3 is 0 Å². The van der Waals surface area contributed by atoms with E-state index in [1.165, 1.54) is 19.3 Å². The molecule has 1 saturated carbocycles. The Bertz CT molecular complexity index is 411. The first-order valence-corrected chi connectivity index (χ1v) is 8.73. The summed E-state index contributed by atoms with van der Waals surface area (Å²) < 4.78 is 0. The van der Waals surface area contributed by atoms with E-state index in [1.54, 1.807) is 0 Å². The van der Waals surface area contributed by atoms with Crippen LogP contribution in [0.15, 0.2) is 18.2 Å². The van der Waals surface area contributed by atoms with E-state index >= 15 is 0 Å². The molecule has 0 aliphatic heterocycles. The Kier molecular flexibility index (Phi) is 5.63. The molecule has 1 aromatic rings. The zero-order valence-corrected chi connectivity index (χ0v) is 14.6. The van der Waals surface area contributed by atoms with Crippen molar-refractivity contribution < 1.29 is 0 Å². The molecule has 3 atom stereocenters. The Morgan fingerprint density at radius 2 is 1.84 bits per heavy atom. The zero-order valence-electron chi connectivity index (χ0n) is 11.5. The third-order valence-electron chi connectivity index (χ3n) is 4.40. The van der Waals surface area contributed by atoms with Crippen molar-refractivity contribution in [3.05, 3.63) is 33.8 Å². The standard InChI is InChI=1S/C16H21BrCl2/c1-10(2)11-6-7-14(17)12(8-11)9-13-15(18)4-3-5-16(13)19/h3-5,10-12,14H,6-9H2,1-2H3. The van der Waals surface area contributed by atoms with Gasteiger partial charge in [0.15, 0.2) is 0 Å². The summed E-state index contributed by atoms with van der Waals surface area (Å²) in [4.78, 5) is 0.592. The highest BCUT2D eigenvalue weighted by Gasteiger charge is 2.31. The average Bonchev–Trinajstić information content (AvgIpc) is 2.35. The number of hydrogen-bond acceptors (Lipinski definition) is 0. The van der Waals surface area contributed by atoms with Gasteiger partial charge in [0, 0.05) is 14.9 Å². The average molecular weight is 364 g/mol. The normalized spacial score (nSPS) is 27.8. The molecule has 0 radical (unpaired) electrons. The van der Waals surface area contributed by atoms with Gasteiger partial charge in [0.05, 0.1) is 0 Å². The third kappa shape index (κ3) is 3.89. The summed E-state index contributed by atoms with van der Waals surface area (Å²) in [5.74, 6) is 2.24. The lowest BCUT2D eigenvalue weighted by molar-refractivity contribution is 0.223. The van der Waals surface area contributed by atoms with Crippen molar-refractivity contribution in [1.82, 2.24) is 0 Å². The van der Waals surface area contributed by atoms with Gasteiger partial charge in [-0.25, -0.2) is 0 Å². The van der Waals surface area contributed by atoms with E-state index in [1.807, 2.05) is 18.2 Å². The zero-order chi connectivity index (χ0) is 14.0. The lowest BCUT2D eigenvalue weighted by Crippen LogP contribution is -2.29. The van der Waals surface area contributed by atoms with Gasteiger partial charge in [0.1, 0.15) is 0 Å². The molecule has 19 heavy (non-hydrogen) atoms. The lowest BCUT2D eigenvalue weighted by atomic mass is 9.74. The van der Waals surface area contributed by atoms with Crippen LogP contribution >= 0.6 is 39.1 Å². The van der Waals surface area contributed by atoms with Gasteiger partial charge in [0.2, 0.25) is 0 Å². The predicted octanol–water partition coefficient (Wildman–Crippen LogP) is 6.37. The van der Waals surface area contributed by atoms with Gasteiger partial charge in [-0.1, -0.05) is 59.0 Å². The van der Waals surface area contributed by atoms with Crippen LogP contribution in [0.3, 0.4) is 0 Å². The summed E-state index contributed by atoms with van der Waals surface area (Å²) in [6, 6.07) is 5.79. The van der Waals surface area contributed by atoms with E-state index in [4.69, 9.17) is 23.2 Å². The van der Waals surface area contributed by atoms with Gasteiger partial charge in [-0.15, -0.1) is 0 Å². The molecule has 3 unspecified atom stereocenters. The topological polar surface area (TPSA) is 0 Å². The van der Waals surface area contributed by atoms with E-state index in [-0.39, 0.29) is 0 Å². The molecule has 2 rings (SSSR count). The Morgan fingerprint density at radius 3 is 2.42 bits per heavy atom. The van der Waals surface area contributed by atoms with E-state index in [2.05, 4.69) is 29.8 Å². The molecule has 3 heteroatoms. The minimum Gasteiger partial charge on any atom is -0.0888 e. The molecule has 0 N–H and O–H groups in total. The molecule has 1 fully saturated rings. The summed E-state index contributed by atoms with van der Waals surface area (Å²) in [7, 11) is 0. The molecule has 1 aliphatic carbocycles. The number of alkyl halides is 1. The number of benzene rings is 1. The first-order valence-electron chi connectivity index (χ1n) is 7.06. The van der Waals surface area contributed by atoms with Crippen LogP contribution in [0.5, 0.6) is 0 Å². The molecule has 0 saturated heterocycles. The fourth-order valence-electron chi connectivity index (χ4n) is 3.07. The molecule has 1 aromatic carbocycles. The minimum atomic E-state index is 0.592. The summed E-state index contributed by atoms with van der Waals surface area (Å²) in [5.41, 5.74) is 1.12. The predicted molar refractivity (Wildman–Crippen MR) is 88.6 cm³/mol. The highest BCUT2D eigenvalue weighted by Crippen LogP contribution is 2.40. The molecule has 0 bridgehead atoms. The number of rotatable bonds is 3. The monoisotopic (exact) mass is 362 g/mol. The largest absolute Gasteiger partial charge is 0.0888 e. The SMILES string of the molecule is CC(C)C1CCC(Br)C(Cc2c(Cl)cccc2Cl)C1. The van der Waals surface area contributed by atoms with Crippen LogP contribution < -0.4 is 0 Å². The Balaban J connectivity index is 2.12. The van der Waals surface area contributed by atoms with Crippen LogP contribution in [-0.2, 0) is 6.42 Å². The van der Waals surface area contributed by atoms with Crippen molar-refractivity contribution in [2.24, 2.45) is 17.8 Å². The molecule has 0 nitrogen and oxygen atoms in total. The van der Waals surface area contributed by atoms with Crippen molar-refractivity contribution in [1.29, 1.82) is 0 Å². The maximum atomic E-state index is 6.30. The summed E-state index contributed by atoms with van der Waals surface area (Å²) in [6.07, 6.45) is 4.85. The molecular formula is C16H21BrCl2. The van der Waals surface area contributed by atoms with Crippen molar-refractivity contribution in [3.8, 4) is 0 Å². The van der Waals surface area contributed by atoms with Gasteiger partial charge in [0.25, 0.3) is 0 Å². The second-order valence-electron chi connectivity index (χ2n) is 6.00. The number of halogens is 3. The van der Waals surface area contributed by atoms with E-state index in [0.29, 0.717) is 10.7 Å². The highest BCUT2D eigenvalue weighted by molar-refractivity contribution is 9.09. The Hall–Kier alpha value is 0.280. The highest BCUT2D eigenvalue weighted by atomic mass is 79.9. The molecule has 0 aromatic heterocycles. The summed E-state index contributed by atoms with van der Waals surface area (Å²) in [6.45, 7) is 4.66. The quantitative estimate of drug-likeness (QED) is 0.547. The van der Waals surface area contributed by atoms with Crippen molar-refractivity contribution in [3.63, 3.8) is 0 Å². The van der Waals surface area contributed by atoms with Gasteiger partial charge < -0.3 is 0 Å².